The van der Waals surface area contributed by atoms with E-state index in [2.05, 4.69) is 22.4 Å². The third kappa shape index (κ3) is 6.66. The summed E-state index contributed by atoms with van der Waals surface area (Å²) in [7, 11) is 3.87. The Kier molecular flexibility index (Phi) is 8.55. The molecule has 0 radical (unpaired) electrons. The number of pyridine rings is 1. The summed E-state index contributed by atoms with van der Waals surface area (Å²) in [6.45, 7) is 2.47. The average molecular weight is 513 g/mol. The van der Waals surface area contributed by atoms with Gasteiger partial charge >= 0.3 is 0 Å². The fourth-order valence-corrected chi connectivity index (χ4v) is 4.31. The minimum absolute atomic E-state index is 0.103. The standard InChI is InChI=1S/C30H32N4O4/c1-20-18-23(26-6-4-5-7-27(26)31-20)16-17-38-25-14-10-22(11-15-25)30(36)32-28(19-29(35)33-37)21-8-12-24(13-9-21)34(2)3/h4-15,18,28,37H,16-17,19H2,1-3H3,(H,32,36)(H,33,35). The Bertz CT molecular complexity index is 1400. The van der Waals surface area contributed by atoms with Crippen molar-refractivity contribution in [3.63, 3.8) is 0 Å². The van der Waals surface area contributed by atoms with E-state index in [4.69, 9.17) is 9.94 Å². The molecule has 0 fully saturated rings. The van der Waals surface area contributed by atoms with Gasteiger partial charge in [0.25, 0.3) is 5.91 Å². The summed E-state index contributed by atoms with van der Waals surface area (Å²) in [5, 5.41) is 13.0. The summed E-state index contributed by atoms with van der Waals surface area (Å²) in [6.07, 6.45) is 0.626. The number of rotatable bonds is 10. The lowest BCUT2D eigenvalue weighted by Gasteiger charge is -2.20. The van der Waals surface area contributed by atoms with Gasteiger partial charge in [-0.05, 0) is 66.6 Å². The molecule has 0 saturated carbocycles. The Balaban J connectivity index is 1.39. The van der Waals surface area contributed by atoms with E-state index in [-0.39, 0.29) is 12.3 Å². The molecule has 8 nitrogen and oxygen atoms in total. The van der Waals surface area contributed by atoms with Crippen LogP contribution in [0.2, 0.25) is 0 Å². The summed E-state index contributed by atoms with van der Waals surface area (Å²) in [6, 6.07) is 24.0. The van der Waals surface area contributed by atoms with Crippen molar-refractivity contribution in [3.05, 3.63) is 101 Å². The van der Waals surface area contributed by atoms with Gasteiger partial charge in [-0.2, -0.15) is 0 Å². The van der Waals surface area contributed by atoms with Gasteiger partial charge in [-0.1, -0.05) is 30.3 Å². The molecule has 196 valence electrons. The first-order valence-corrected chi connectivity index (χ1v) is 12.4. The number of para-hydroxylation sites is 1. The SMILES string of the molecule is Cc1cc(CCOc2ccc(C(=O)NC(CC(=O)NO)c3ccc(N(C)C)cc3)cc2)c2ccccc2n1. The minimum atomic E-state index is -0.611. The van der Waals surface area contributed by atoms with Crippen molar-refractivity contribution >= 4 is 28.4 Å². The van der Waals surface area contributed by atoms with Crippen molar-refractivity contribution in [2.45, 2.75) is 25.8 Å². The summed E-state index contributed by atoms with van der Waals surface area (Å²) in [5.41, 5.74) is 6.95. The molecule has 4 rings (SSSR count). The Hall–Kier alpha value is -4.43. The van der Waals surface area contributed by atoms with Crippen LogP contribution in [0.5, 0.6) is 5.75 Å². The van der Waals surface area contributed by atoms with Crippen LogP contribution in [-0.2, 0) is 11.2 Å². The predicted octanol–water partition coefficient (Wildman–Crippen LogP) is 4.60. The number of aryl methyl sites for hydroxylation is 1. The van der Waals surface area contributed by atoms with Crippen LogP contribution < -0.4 is 20.4 Å². The molecule has 0 aliphatic heterocycles. The molecule has 3 N–H and O–H groups in total. The maximum Gasteiger partial charge on any atom is 0.251 e. The van der Waals surface area contributed by atoms with Crippen molar-refractivity contribution in [3.8, 4) is 5.75 Å². The second-order valence-electron chi connectivity index (χ2n) is 9.31. The molecule has 1 heterocycles. The van der Waals surface area contributed by atoms with E-state index >= 15 is 0 Å². The molecule has 3 aromatic carbocycles. The normalized spacial score (nSPS) is 11.6. The van der Waals surface area contributed by atoms with Gasteiger partial charge in [0.1, 0.15) is 5.75 Å². The molecular weight excluding hydrogens is 480 g/mol. The van der Waals surface area contributed by atoms with Crippen molar-refractivity contribution < 1.29 is 19.5 Å². The second-order valence-corrected chi connectivity index (χ2v) is 9.31. The van der Waals surface area contributed by atoms with Gasteiger partial charge in [0.05, 0.1) is 24.6 Å². The van der Waals surface area contributed by atoms with Gasteiger partial charge in [0, 0.05) is 42.8 Å². The van der Waals surface area contributed by atoms with E-state index in [1.165, 1.54) is 5.56 Å². The molecule has 1 atom stereocenters. The summed E-state index contributed by atoms with van der Waals surface area (Å²) in [4.78, 5) is 31.4. The van der Waals surface area contributed by atoms with Crippen LogP contribution in [0.4, 0.5) is 5.69 Å². The molecule has 0 spiro atoms. The number of carbonyl (C=O) groups is 2. The van der Waals surface area contributed by atoms with E-state index in [0.29, 0.717) is 17.9 Å². The highest BCUT2D eigenvalue weighted by molar-refractivity contribution is 5.95. The fourth-order valence-electron chi connectivity index (χ4n) is 4.31. The van der Waals surface area contributed by atoms with Crippen LogP contribution in [0, 0.1) is 6.92 Å². The number of hydroxylamine groups is 1. The molecule has 1 unspecified atom stereocenters. The van der Waals surface area contributed by atoms with Crippen LogP contribution in [0.15, 0.2) is 78.9 Å². The number of benzene rings is 3. The highest BCUT2D eigenvalue weighted by Gasteiger charge is 2.19. The van der Waals surface area contributed by atoms with Crippen LogP contribution in [0.1, 0.15) is 39.6 Å². The van der Waals surface area contributed by atoms with Gasteiger partial charge < -0.3 is 15.0 Å². The first kappa shape index (κ1) is 26.6. The number of anilines is 1. The second kappa shape index (κ2) is 12.2. The quantitative estimate of drug-likeness (QED) is 0.212. The number of aromatic nitrogens is 1. The largest absolute Gasteiger partial charge is 0.493 e. The highest BCUT2D eigenvalue weighted by Crippen LogP contribution is 2.22. The first-order valence-electron chi connectivity index (χ1n) is 12.4. The van der Waals surface area contributed by atoms with Crippen LogP contribution in [-0.4, -0.2) is 42.7 Å². The number of hydrogen-bond acceptors (Lipinski definition) is 6. The lowest BCUT2D eigenvalue weighted by atomic mass is 10.0. The Morgan fingerprint density at radius 1 is 1.00 bits per heavy atom. The van der Waals surface area contributed by atoms with Crippen LogP contribution >= 0.6 is 0 Å². The average Bonchev–Trinajstić information content (AvgIpc) is 2.92. The van der Waals surface area contributed by atoms with Gasteiger partial charge in [-0.3, -0.25) is 19.8 Å². The van der Waals surface area contributed by atoms with E-state index in [1.54, 1.807) is 29.7 Å². The fraction of sp³-hybridized carbons (Fsp3) is 0.233. The van der Waals surface area contributed by atoms with Gasteiger partial charge in [0.15, 0.2) is 0 Å². The topological polar surface area (TPSA) is 104 Å². The molecular formula is C30H32N4O4. The third-order valence-corrected chi connectivity index (χ3v) is 6.32. The van der Waals surface area contributed by atoms with E-state index in [1.807, 2.05) is 68.4 Å². The van der Waals surface area contributed by atoms with E-state index in [9.17, 15) is 9.59 Å². The maximum absolute atomic E-state index is 13.0. The Morgan fingerprint density at radius 2 is 1.71 bits per heavy atom. The summed E-state index contributed by atoms with van der Waals surface area (Å²) >= 11 is 0. The molecule has 0 aliphatic rings. The predicted molar refractivity (Wildman–Crippen MR) is 148 cm³/mol. The third-order valence-electron chi connectivity index (χ3n) is 6.32. The lowest BCUT2D eigenvalue weighted by Crippen LogP contribution is -2.33. The van der Waals surface area contributed by atoms with Crippen LogP contribution in [0.3, 0.4) is 0 Å². The molecule has 1 aromatic heterocycles. The van der Waals surface area contributed by atoms with E-state index in [0.717, 1.165) is 34.3 Å². The number of amides is 2. The van der Waals surface area contributed by atoms with Crippen molar-refractivity contribution in [2.24, 2.45) is 0 Å². The summed E-state index contributed by atoms with van der Waals surface area (Å²) in [5.74, 6) is -0.261. The first-order chi connectivity index (χ1) is 18.3. The van der Waals surface area contributed by atoms with Gasteiger partial charge in [-0.25, -0.2) is 5.48 Å². The zero-order chi connectivity index (χ0) is 27.1. The Labute approximate surface area is 222 Å². The monoisotopic (exact) mass is 512 g/mol. The van der Waals surface area contributed by atoms with Crippen molar-refractivity contribution in [1.29, 1.82) is 0 Å². The number of hydrogen-bond donors (Lipinski definition) is 3. The smallest absolute Gasteiger partial charge is 0.251 e. The maximum atomic E-state index is 13.0. The zero-order valence-electron chi connectivity index (χ0n) is 21.8. The Morgan fingerprint density at radius 3 is 2.39 bits per heavy atom. The number of fused-ring (bicyclic) bond motifs is 1. The molecule has 2 amide bonds. The molecule has 4 aromatic rings. The van der Waals surface area contributed by atoms with Gasteiger partial charge in [-0.15, -0.1) is 0 Å². The van der Waals surface area contributed by atoms with Crippen LogP contribution in [0.25, 0.3) is 10.9 Å². The molecule has 38 heavy (non-hydrogen) atoms. The summed E-state index contributed by atoms with van der Waals surface area (Å²) < 4.78 is 5.94. The zero-order valence-corrected chi connectivity index (χ0v) is 21.8. The molecule has 0 bridgehead atoms. The highest BCUT2D eigenvalue weighted by atomic mass is 16.5. The number of carbonyl (C=O) groups excluding carboxylic acids is 2. The van der Waals surface area contributed by atoms with E-state index < -0.39 is 11.9 Å². The minimum Gasteiger partial charge on any atom is -0.493 e. The van der Waals surface area contributed by atoms with Crippen molar-refractivity contribution in [1.82, 2.24) is 15.8 Å². The number of nitrogens with zero attached hydrogens (tertiary/aromatic N) is 2. The molecule has 8 heteroatoms. The number of ether oxygens (including phenoxy) is 1. The number of nitrogens with one attached hydrogen (secondary N) is 2. The lowest BCUT2D eigenvalue weighted by molar-refractivity contribution is -0.129. The molecule has 0 saturated heterocycles. The van der Waals surface area contributed by atoms with Crippen molar-refractivity contribution in [2.75, 3.05) is 25.6 Å². The molecule has 0 aliphatic carbocycles. The van der Waals surface area contributed by atoms with Gasteiger partial charge in [0.2, 0.25) is 5.91 Å².